The van der Waals surface area contributed by atoms with Gasteiger partial charge in [-0.3, -0.25) is 0 Å². The van der Waals surface area contributed by atoms with Crippen molar-refractivity contribution in [3.8, 4) is 0 Å². The topological polar surface area (TPSA) is 60.2 Å². The quantitative estimate of drug-likeness (QED) is 0.937. The second-order valence-corrected chi connectivity index (χ2v) is 6.99. The summed E-state index contributed by atoms with van der Waals surface area (Å²) in [6, 6.07) is 7.57. The van der Waals surface area contributed by atoms with Gasteiger partial charge in [0.1, 0.15) is 10.0 Å². The maximum absolute atomic E-state index is 13.7. The van der Waals surface area contributed by atoms with E-state index in [1.165, 1.54) is 18.2 Å². The molecule has 0 saturated heterocycles. The smallest absolute Gasteiger partial charge is 0.191 e. The number of benzene rings is 1. The Hall–Kier alpha value is -1.24. The lowest BCUT2D eigenvalue weighted by atomic mass is 10.1. The van der Waals surface area contributed by atoms with Crippen molar-refractivity contribution in [1.29, 1.82) is 0 Å². The number of nitrogens with two attached hydrogens (primary N) is 1. The SMILES string of the molecule is NCc1ccc(CS(=O)(=O)c2cccs2)c(F)c1. The lowest BCUT2D eigenvalue weighted by Gasteiger charge is -2.05. The Morgan fingerprint density at radius 3 is 2.61 bits per heavy atom. The first-order valence-electron chi connectivity index (χ1n) is 5.26. The van der Waals surface area contributed by atoms with Gasteiger partial charge in [0.05, 0.1) is 5.75 Å². The predicted molar refractivity (Wildman–Crippen MR) is 69.5 cm³/mol. The monoisotopic (exact) mass is 285 g/mol. The predicted octanol–water partition coefficient (Wildman–Crippen LogP) is 2.32. The van der Waals surface area contributed by atoms with Crippen molar-refractivity contribution in [3.05, 3.63) is 52.7 Å². The summed E-state index contributed by atoms with van der Waals surface area (Å²) in [5.74, 6) is -0.859. The van der Waals surface area contributed by atoms with Crippen LogP contribution >= 0.6 is 11.3 Å². The standard InChI is InChI=1S/C12H12FNO2S2/c13-11-6-9(7-14)3-4-10(11)8-18(15,16)12-2-1-5-17-12/h1-6H,7-8,14H2. The minimum atomic E-state index is -3.46. The van der Waals surface area contributed by atoms with Crippen molar-refractivity contribution in [2.45, 2.75) is 16.5 Å². The van der Waals surface area contributed by atoms with Gasteiger partial charge in [-0.1, -0.05) is 18.2 Å². The normalized spacial score (nSPS) is 11.7. The molecule has 6 heteroatoms. The molecule has 0 aliphatic carbocycles. The molecule has 0 aliphatic heterocycles. The fraction of sp³-hybridized carbons (Fsp3) is 0.167. The number of hydrogen-bond acceptors (Lipinski definition) is 4. The Balaban J connectivity index is 2.30. The molecule has 2 N–H and O–H groups in total. The van der Waals surface area contributed by atoms with Gasteiger partial charge in [-0.2, -0.15) is 0 Å². The first-order chi connectivity index (χ1) is 8.53. The van der Waals surface area contributed by atoms with Gasteiger partial charge in [0.2, 0.25) is 0 Å². The van der Waals surface area contributed by atoms with E-state index < -0.39 is 15.7 Å². The van der Waals surface area contributed by atoms with Crippen LogP contribution in [-0.2, 0) is 22.1 Å². The van der Waals surface area contributed by atoms with E-state index in [0.29, 0.717) is 5.56 Å². The van der Waals surface area contributed by atoms with Gasteiger partial charge < -0.3 is 5.73 Å². The summed E-state index contributed by atoms with van der Waals surface area (Å²) in [7, 11) is -3.46. The summed E-state index contributed by atoms with van der Waals surface area (Å²) in [4.78, 5) is 0. The van der Waals surface area contributed by atoms with Crippen LogP contribution in [0.4, 0.5) is 4.39 Å². The fourth-order valence-corrected chi connectivity index (χ4v) is 4.00. The summed E-state index contributed by atoms with van der Waals surface area (Å²) in [6.45, 7) is 0.231. The number of sulfone groups is 1. The average molecular weight is 285 g/mol. The summed E-state index contributed by atoms with van der Waals surface area (Å²) >= 11 is 1.13. The third-order valence-corrected chi connectivity index (χ3v) is 5.65. The molecule has 0 unspecified atom stereocenters. The van der Waals surface area contributed by atoms with Crippen molar-refractivity contribution >= 4 is 21.2 Å². The van der Waals surface area contributed by atoms with E-state index in [4.69, 9.17) is 5.73 Å². The number of thiophene rings is 1. The minimum absolute atomic E-state index is 0.167. The number of halogens is 1. The van der Waals surface area contributed by atoms with Crippen LogP contribution in [0.1, 0.15) is 11.1 Å². The molecule has 0 radical (unpaired) electrons. The molecule has 0 fully saturated rings. The van der Waals surface area contributed by atoms with Crippen LogP contribution in [0.3, 0.4) is 0 Å². The summed E-state index contributed by atoms with van der Waals surface area (Å²) in [6.07, 6.45) is 0. The van der Waals surface area contributed by atoms with Crippen molar-refractivity contribution in [1.82, 2.24) is 0 Å². The van der Waals surface area contributed by atoms with Crippen molar-refractivity contribution in [3.63, 3.8) is 0 Å². The first kappa shape index (κ1) is 13.2. The van der Waals surface area contributed by atoms with Crippen LogP contribution in [0, 0.1) is 5.82 Å². The zero-order valence-electron chi connectivity index (χ0n) is 9.47. The molecule has 0 bridgehead atoms. The van der Waals surface area contributed by atoms with Gasteiger partial charge in [-0.15, -0.1) is 11.3 Å². The molecule has 0 aliphatic rings. The molecule has 2 aromatic rings. The molecule has 1 heterocycles. The highest BCUT2D eigenvalue weighted by atomic mass is 32.2. The first-order valence-corrected chi connectivity index (χ1v) is 7.80. The highest BCUT2D eigenvalue weighted by Crippen LogP contribution is 2.22. The molecule has 0 atom stereocenters. The molecule has 0 amide bonds. The second kappa shape index (κ2) is 5.17. The Morgan fingerprint density at radius 1 is 1.28 bits per heavy atom. The zero-order chi connectivity index (χ0) is 13.2. The molecule has 0 saturated carbocycles. The molecular weight excluding hydrogens is 273 g/mol. The molecule has 1 aromatic carbocycles. The van der Waals surface area contributed by atoms with Crippen LogP contribution in [0.2, 0.25) is 0 Å². The summed E-state index contributed by atoms with van der Waals surface area (Å²) in [5, 5.41) is 1.68. The molecule has 1 aromatic heterocycles. The van der Waals surface area contributed by atoms with E-state index in [1.807, 2.05) is 0 Å². The van der Waals surface area contributed by atoms with Gasteiger partial charge in [-0.05, 0) is 23.1 Å². The maximum atomic E-state index is 13.7. The van der Waals surface area contributed by atoms with Crippen molar-refractivity contribution in [2.75, 3.05) is 0 Å². The highest BCUT2D eigenvalue weighted by molar-refractivity contribution is 7.92. The van der Waals surface area contributed by atoms with Gasteiger partial charge in [0.25, 0.3) is 0 Å². The largest absolute Gasteiger partial charge is 0.326 e. The van der Waals surface area contributed by atoms with Gasteiger partial charge in [-0.25, -0.2) is 12.8 Å². The van der Waals surface area contributed by atoms with E-state index in [-0.39, 0.29) is 22.1 Å². The lowest BCUT2D eigenvalue weighted by Crippen LogP contribution is -2.06. The Labute approximate surface area is 109 Å². The summed E-state index contributed by atoms with van der Waals surface area (Å²) in [5.41, 5.74) is 6.20. The fourth-order valence-electron chi connectivity index (χ4n) is 1.55. The molecular formula is C12H12FNO2S2. The second-order valence-electron chi connectivity index (χ2n) is 3.82. The van der Waals surface area contributed by atoms with Gasteiger partial charge in [0.15, 0.2) is 9.84 Å². The number of rotatable bonds is 4. The van der Waals surface area contributed by atoms with Crippen LogP contribution < -0.4 is 5.73 Å². The van der Waals surface area contributed by atoms with E-state index in [2.05, 4.69) is 0 Å². The highest BCUT2D eigenvalue weighted by Gasteiger charge is 2.18. The summed E-state index contributed by atoms with van der Waals surface area (Å²) < 4.78 is 37.9. The molecule has 3 nitrogen and oxygen atoms in total. The molecule has 2 rings (SSSR count). The average Bonchev–Trinajstić information content (AvgIpc) is 2.86. The maximum Gasteiger partial charge on any atom is 0.191 e. The van der Waals surface area contributed by atoms with Crippen molar-refractivity contribution in [2.24, 2.45) is 5.73 Å². The van der Waals surface area contributed by atoms with E-state index in [9.17, 15) is 12.8 Å². The Kier molecular flexibility index (Phi) is 3.79. The van der Waals surface area contributed by atoms with Crippen LogP contribution in [-0.4, -0.2) is 8.42 Å². The van der Waals surface area contributed by atoms with Crippen LogP contribution in [0.15, 0.2) is 39.9 Å². The van der Waals surface area contributed by atoms with E-state index in [0.717, 1.165) is 11.3 Å². The van der Waals surface area contributed by atoms with Gasteiger partial charge >= 0.3 is 0 Å². The third-order valence-electron chi connectivity index (χ3n) is 2.50. The zero-order valence-corrected chi connectivity index (χ0v) is 11.1. The van der Waals surface area contributed by atoms with Crippen LogP contribution in [0.5, 0.6) is 0 Å². The van der Waals surface area contributed by atoms with Crippen molar-refractivity contribution < 1.29 is 12.8 Å². The third kappa shape index (κ3) is 2.77. The Morgan fingerprint density at radius 2 is 2.06 bits per heavy atom. The Bertz CT molecular complexity index is 636. The minimum Gasteiger partial charge on any atom is -0.326 e. The van der Waals surface area contributed by atoms with E-state index >= 15 is 0 Å². The van der Waals surface area contributed by atoms with E-state index in [1.54, 1.807) is 17.5 Å². The number of hydrogen-bond donors (Lipinski definition) is 1. The van der Waals surface area contributed by atoms with Gasteiger partial charge in [0, 0.05) is 12.1 Å². The molecule has 18 heavy (non-hydrogen) atoms. The molecule has 96 valence electrons. The molecule has 0 spiro atoms. The lowest BCUT2D eigenvalue weighted by molar-refractivity contribution is 0.588. The van der Waals surface area contributed by atoms with Crippen LogP contribution in [0.25, 0.3) is 0 Å².